The van der Waals surface area contributed by atoms with Crippen LogP contribution in [-0.2, 0) is 4.79 Å². The first-order valence-electron chi connectivity index (χ1n) is 9.42. The predicted octanol–water partition coefficient (Wildman–Crippen LogP) is 2.07. The molecule has 3 aromatic rings. The Morgan fingerprint density at radius 3 is 2.93 bits per heavy atom. The first-order chi connectivity index (χ1) is 14.5. The molecule has 2 N–H and O–H groups in total. The number of nitrogens with zero attached hydrogens (tertiary/aromatic N) is 3. The zero-order valence-electron chi connectivity index (χ0n) is 15.9. The van der Waals surface area contributed by atoms with Crippen LogP contribution in [0.5, 0.6) is 0 Å². The molecule has 0 saturated carbocycles. The van der Waals surface area contributed by atoms with E-state index in [2.05, 4.69) is 20.2 Å². The molecule has 30 heavy (non-hydrogen) atoms. The summed E-state index contributed by atoms with van der Waals surface area (Å²) >= 11 is 1.00. The second kappa shape index (κ2) is 7.06. The summed E-state index contributed by atoms with van der Waals surface area (Å²) in [5.74, 6) is -0.279. The molecule has 5 rings (SSSR count). The monoisotopic (exact) mass is 423 g/mol. The molecule has 0 radical (unpaired) electrons. The number of carbonyl (C=O) groups excluding carboxylic acids is 3. The molecule has 0 bridgehead atoms. The fourth-order valence-electron chi connectivity index (χ4n) is 3.96. The second-order valence-electron chi connectivity index (χ2n) is 7.23. The number of aryl methyl sites for hydroxylation is 1. The second-order valence-corrected chi connectivity index (χ2v) is 7.98. The summed E-state index contributed by atoms with van der Waals surface area (Å²) in [5, 5.41) is 9.57. The Kier molecular flexibility index (Phi) is 4.35. The number of furan rings is 1. The molecule has 2 aliphatic rings. The minimum absolute atomic E-state index is 0.255. The number of hydrogen-bond acceptors (Lipinski definition) is 7. The third-order valence-electron chi connectivity index (χ3n) is 5.42. The molecule has 0 aliphatic carbocycles. The highest BCUT2D eigenvalue weighted by atomic mass is 32.1. The quantitative estimate of drug-likeness (QED) is 0.666. The van der Waals surface area contributed by atoms with Crippen molar-refractivity contribution in [3.63, 3.8) is 0 Å². The van der Waals surface area contributed by atoms with Crippen molar-refractivity contribution in [3.05, 3.63) is 52.7 Å². The summed E-state index contributed by atoms with van der Waals surface area (Å²) in [6.45, 7) is 2.07. The van der Waals surface area contributed by atoms with Gasteiger partial charge in [-0.25, -0.2) is 0 Å². The summed E-state index contributed by atoms with van der Waals surface area (Å²) < 4.78 is 9.20. The number of hydrogen-bond donors (Lipinski definition) is 2. The number of benzene rings is 1. The number of anilines is 1. The number of fused-ring (bicyclic) bond motifs is 2. The maximum atomic E-state index is 13.3. The Balaban J connectivity index is 1.44. The molecular weight excluding hydrogens is 406 g/mol. The lowest BCUT2D eigenvalue weighted by molar-refractivity contribution is -0.120. The Labute approximate surface area is 175 Å². The Bertz CT molecular complexity index is 1160. The van der Waals surface area contributed by atoms with E-state index in [1.54, 1.807) is 37.5 Å². The van der Waals surface area contributed by atoms with Gasteiger partial charge in [-0.1, -0.05) is 4.49 Å². The summed E-state index contributed by atoms with van der Waals surface area (Å²) in [6.07, 6.45) is 2.04. The van der Waals surface area contributed by atoms with Gasteiger partial charge in [-0.05, 0) is 55.2 Å². The van der Waals surface area contributed by atoms with Gasteiger partial charge in [0.15, 0.2) is 0 Å². The molecule has 10 heteroatoms. The number of rotatable bonds is 3. The van der Waals surface area contributed by atoms with Gasteiger partial charge >= 0.3 is 0 Å². The first kappa shape index (κ1) is 18.5. The van der Waals surface area contributed by atoms with Gasteiger partial charge in [0, 0.05) is 12.1 Å². The van der Waals surface area contributed by atoms with Crippen molar-refractivity contribution in [3.8, 4) is 11.3 Å². The molecular formula is C20H17N5O4S. The highest BCUT2D eigenvalue weighted by Crippen LogP contribution is 2.32. The van der Waals surface area contributed by atoms with Crippen LogP contribution in [0.1, 0.15) is 32.1 Å². The van der Waals surface area contributed by atoms with Crippen LogP contribution in [-0.4, -0.2) is 50.8 Å². The molecule has 9 nitrogen and oxygen atoms in total. The minimum Gasteiger partial charge on any atom is -0.464 e. The largest absolute Gasteiger partial charge is 0.464 e. The molecule has 2 aromatic heterocycles. The molecule has 1 fully saturated rings. The van der Waals surface area contributed by atoms with Crippen LogP contribution in [0, 0.1) is 6.92 Å². The Morgan fingerprint density at radius 2 is 2.20 bits per heavy atom. The van der Waals surface area contributed by atoms with E-state index in [0.717, 1.165) is 17.1 Å². The molecule has 2 aliphatic heterocycles. The van der Waals surface area contributed by atoms with E-state index < -0.39 is 12.1 Å². The molecule has 152 valence electrons. The van der Waals surface area contributed by atoms with E-state index in [4.69, 9.17) is 4.42 Å². The van der Waals surface area contributed by atoms with Crippen molar-refractivity contribution < 1.29 is 18.8 Å². The number of aromatic nitrogens is 2. The molecule has 1 aromatic carbocycles. The van der Waals surface area contributed by atoms with Gasteiger partial charge in [0.2, 0.25) is 5.91 Å². The van der Waals surface area contributed by atoms with Gasteiger partial charge in [0.25, 0.3) is 11.8 Å². The zero-order chi connectivity index (χ0) is 20.8. The average molecular weight is 423 g/mol. The summed E-state index contributed by atoms with van der Waals surface area (Å²) in [7, 11) is 0. The lowest BCUT2D eigenvalue weighted by Crippen LogP contribution is -2.51. The van der Waals surface area contributed by atoms with Crippen LogP contribution in [0.25, 0.3) is 11.3 Å². The maximum Gasteiger partial charge on any atom is 0.265 e. The molecule has 1 saturated heterocycles. The normalized spacial score (nSPS) is 20.4. The van der Waals surface area contributed by atoms with Crippen molar-refractivity contribution in [2.24, 2.45) is 0 Å². The van der Waals surface area contributed by atoms with Crippen LogP contribution in [0.4, 0.5) is 5.69 Å². The Hall–Kier alpha value is -3.53. The summed E-state index contributed by atoms with van der Waals surface area (Å²) in [6, 6.07) is 7.50. The van der Waals surface area contributed by atoms with Crippen molar-refractivity contribution >= 4 is 34.9 Å². The number of nitrogens with one attached hydrogen (secondary N) is 2. The highest BCUT2D eigenvalue weighted by Gasteiger charge is 2.45. The van der Waals surface area contributed by atoms with Gasteiger partial charge in [-0.3, -0.25) is 14.4 Å². The van der Waals surface area contributed by atoms with Gasteiger partial charge in [0.05, 0.1) is 29.2 Å². The topological polar surface area (TPSA) is 117 Å². The van der Waals surface area contributed by atoms with E-state index in [-0.39, 0.29) is 17.7 Å². The van der Waals surface area contributed by atoms with Crippen LogP contribution >= 0.6 is 11.5 Å². The average Bonchev–Trinajstić information content (AvgIpc) is 3.47. The van der Waals surface area contributed by atoms with Crippen LogP contribution in [0.3, 0.4) is 0 Å². The van der Waals surface area contributed by atoms with Gasteiger partial charge in [0.1, 0.15) is 16.7 Å². The number of amides is 3. The van der Waals surface area contributed by atoms with Crippen LogP contribution in [0.15, 0.2) is 41.0 Å². The van der Waals surface area contributed by atoms with Crippen molar-refractivity contribution in [1.29, 1.82) is 0 Å². The van der Waals surface area contributed by atoms with Gasteiger partial charge < -0.3 is 20.0 Å². The fraction of sp³-hybridized carbons (Fsp3) is 0.250. The summed E-state index contributed by atoms with van der Waals surface area (Å²) in [4.78, 5) is 40.8. The molecule has 3 amide bonds. The highest BCUT2D eigenvalue weighted by molar-refractivity contribution is 7.08. The van der Waals surface area contributed by atoms with Gasteiger partial charge in [-0.15, -0.1) is 5.10 Å². The third-order valence-corrected chi connectivity index (χ3v) is 6.24. The fourth-order valence-corrected chi connectivity index (χ4v) is 4.52. The van der Waals surface area contributed by atoms with Crippen molar-refractivity contribution in [2.75, 3.05) is 11.9 Å². The minimum atomic E-state index is -0.790. The molecule has 2 atom stereocenters. The lowest BCUT2D eigenvalue weighted by Gasteiger charge is -2.24. The SMILES string of the molecule is Cc1nnsc1C(=O)NC1CCN2C(=O)c3cc(-c4ccco4)ccc3NC(=O)C12. The standard InChI is InChI=1S/C20H17N5O4S/c1-10-17(30-24-23-10)19(27)22-14-6-7-25-16(14)18(26)21-13-5-4-11(9-12(13)20(25)28)15-3-2-8-29-15/h2-5,8-9,14,16H,6-7H2,1H3,(H,21,26)(H,22,27). The van der Waals surface area contributed by atoms with Crippen molar-refractivity contribution in [2.45, 2.75) is 25.4 Å². The van der Waals surface area contributed by atoms with E-state index in [1.165, 1.54) is 4.90 Å². The van der Waals surface area contributed by atoms with E-state index in [0.29, 0.717) is 40.5 Å². The Morgan fingerprint density at radius 1 is 1.33 bits per heavy atom. The van der Waals surface area contributed by atoms with Gasteiger partial charge in [-0.2, -0.15) is 0 Å². The van der Waals surface area contributed by atoms with E-state index >= 15 is 0 Å². The van der Waals surface area contributed by atoms with Crippen molar-refractivity contribution in [1.82, 2.24) is 19.8 Å². The molecule has 2 unspecified atom stereocenters. The smallest absolute Gasteiger partial charge is 0.265 e. The van der Waals surface area contributed by atoms with E-state index in [9.17, 15) is 14.4 Å². The predicted molar refractivity (Wildman–Crippen MR) is 108 cm³/mol. The third kappa shape index (κ3) is 2.96. The van der Waals surface area contributed by atoms with Crippen LogP contribution in [0.2, 0.25) is 0 Å². The summed E-state index contributed by atoms with van der Waals surface area (Å²) in [5.41, 5.74) is 2.13. The zero-order valence-corrected chi connectivity index (χ0v) is 16.7. The number of carbonyl (C=O) groups is 3. The lowest BCUT2D eigenvalue weighted by atomic mass is 10.1. The molecule has 0 spiro atoms. The van der Waals surface area contributed by atoms with Crippen LogP contribution < -0.4 is 10.6 Å². The maximum absolute atomic E-state index is 13.3. The molecule has 4 heterocycles. The first-order valence-corrected chi connectivity index (χ1v) is 10.2. The van der Waals surface area contributed by atoms with E-state index in [1.807, 2.05) is 6.07 Å².